The first kappa shape index (κ1) is 22.3. The van der Waals surface area contributed by atoms with Gasteiger partial charge in [-0.25, -0.2) is 4.99 Å². The number of aryl methyl sites for hydroxylation is 1. The largest absolute Gasteiger partial charge is 0.357 e. The van der Waals surface area contributed by atoms with E-state index in [-0.39, 0.29) is 0 Å². The molecular weight excluding hydrogens is 374 g/mol. The van der Waals surface area contributed by atoms with Crippen LogP contribution in [0.2, 0.25) is 0 Å². The summed E-state index contributed by atoms with van der Waals surface area (Å²) in [5, 5.41) is 14.9. The van der Waals surface area contributed by atoms with Gasteiger partial charge < -0.3 is 15.2 Å². The molecule has 7 heteroatoms. The van der Waals surface area contributed by atoms with Gasteiger partial charge in [-0.05, 0) is 44.0 Å². The summed E-state index contributed by atoms with van der Waals surface area (Å²) in [6.07, 6.45) is 8.07. The van der Waals surface area contributed by atoms with Crippen LogP contribution >= 0.6 is 0 Å². The van der Waals surface area contributed by atoms with Crippen molar-refractivity contribution in [2.75, 3.05) is 26.2 Å². The van der Waals surface area contributed by atoms with Crippen LogP contribution in [0.1, 0.15) is 56.5 Å². The molecule has 0 aliphatic carbocycles. The Morgan fingerprint density at radius 3 is 2.53 bits per heavy atom. The maximum atomic E-state index is 4.85. The van der Waals surface area contributed by atoms with Gasteiger partial charge in [0, 0.05) is 32.6 Å². The van der Waals surface area contributed by atoms with Crippen LogP contribution in [-0.2, 0) is 26.1 Å². The van der Waals surface area contributed by atoms with E-state index >= 15 is 0 Å². The van der Waals surface area contributed by atoms with Crippen molar-refractivity contribution in [3.05, 3.63) is 47.5 Å². The first-order valence-corrected chi connectivity index (χ1v) is 11.5. The first-order valence-electron chi connectivity index (χ1n) is 11.5. The summed E-state index contributed by atoms with van der Waals surface area (Å²) < 4.78 is 2.09. The maximum Gasteiger partial charge on any atom is 0.191 e. The summed E-state index contributed by atoms with van der Waals surface area (Å²) in [7, 11) is 0. The van der Waals surface area contributed by atoms with Crippen LogP contribution in [0.15, 0.2) is 35.6 Å². The summed E-state index contributed by atoms with van der Waals surface area (Å²) in [4.78, 5) is 7.45. The lowest BCUT2D eigenvalue weighted by molar-refractivity contribution is 0.276. The summed E-state index contributed by atoms with van der Waals surface area (Å²) >= 11 is 0. The van der Waals surface area contributed by atoms with Crippen LogP contribution < -0.4 is 10.6 Å². The maximum absolute atomic E-state index is 4.85. The van der Waals surface area contributed by atoms with E-state index in [1.165, 1.54) is 49.9 Å². The van der Waals surface area contributed by atoms with E-state index in [9.17, 15) is 0 Å². The summed E-state index contributed by atoms with van der Waals surface area (Å²) in [5.41, 5.74) is 2.71. The van der Waals surface area contributed by atoms with Gasteiger partial charge >= 0.3 is 0 Å². The molecule has 0 saturated carbocycles. The average Bonchev–Trinajstić information content (AvgIpc) is 3.07. The van der Waals surface area contributed by atoms with Crippen LogP contribution in [-0.4, -0.2) is 51.8 Å². The van der Waals surface area contributed by atoms with Gasteiger partial charge in [0.1, 0.15) is 12.2 Å². The highest BCUT2D eigenvalue weighted by Gasteiger charge is 2.11. The molecule has 164 valence electrons. The van der Waals surface area contributed by atoms with Gasteiger partial charge in [-0.15, -0.1) is 10.2 Å². The number of nitrogens with one attached hydrogen (secondary N) is 2. The van der Waals surface area contributed by atoms with Crippen molar-refractivity contribution in [2.45, 2.75) is 65.6 Å². The zero-order chi connectivity index (χ0) is 21.0. The van der Waals surface area contributed by atoms with Gasteiger partial charge in [-0.3, -0.25) is 4.90 Å². The lowest BCUT2D eigenvalue weighted by Gasteiger charge is -2.21. The Bertz CT molecular complexity index is 775. The van der Waals surface area contributed by atoms with E-state index in [1.807, 2.05) is 0 Å². The normalized spacial score (nSPS) is 15.7. The zero-order valence-electron chi connectivity index (χ0n) is 18.6. The number of likely N-dealkylation sites (tertiary alicyclic amines) is 1. The fourth-order valence-corrected chi connectivity index (χ4v) is 3.94. The van der Waals surface area contributed by atoms with E-state index in [4.69, 9.17) is 4.99 Å². The fraction of sp³-hybridized carbons (Fsp3) is 0.609. The minimum absolute atomic E-state index is 0.687. The first-order chi connectivity index (χ1) is 14.8. The van der Waals surface area contributed by atoms with Gasteiger partial charge in [0.05, 0.1) is 6.54 Å². The van der Waals surface area contributed by atoms with Crippen LogP contribution in [0.25, 0.3) is 0 Å². The predicted molar refractivity (Wildman–Crippen MR) is 122 cm³/mol. The van der Waals surface area contributed by atoms with Crippen LogP contribution in [0.3, 0.4) is 0 Å². The molecule has 1 fully saturated rings. The second-order valence-corrected chi connectivity index (χ2v) is 7.88. The molecule has 2 N–H and O–H groups in total. The van der Waals surface area contributed by atoms with Gasteiger partial charge in [-0.2, -0.15) is 0 Å². The highest BCUT2D eigenvalue weighted by Crippen LogP contribution is 2.16. The lowest BCUT2D eigenvalue weighted by Crippen LogP contribution is -2.39. The minimum Gasteiger partial charge on any atom is -0.357 e. The number of aliphatic imine (C=N–C) groups is 1. The molecule has 0 radical (unpaired) electrons. The Morgan fingerprint density at radius 2 is 1.80 bits per heavy atom. The number of hydrogen-bond donors (Lipinski definition) is 2. The van der Waals surface area contributed by atoms with Crippen molar-refractivity contribution in [1.82, 2.24) is 30.3 Å². The summed E-state index contributed by atoms with van der Waals surface area (Å²) in [6.45, 7) is 10.8. The molecule has 1 aromatic carbocycles. The third-order valence-electron chi connectivity index (χ3n) is 5.62. The second-order valence-electron chi connectivity index (χ2n) is 7.88. The minimum atomic E-state index is 0.687. The van der Waals surface area contributed by atoms with Crippen LogP contribution in [0, 0.1) is 0 Å². The van der Waals surface area contributed by atoms with Crippen molar-refractivity contribution in [3.63, 3.8) is 0 Å². The van der Waals surface area contributed by atoms with Crippen LogP contribution in [0.4, 0.5) is 0 Å². The summed E-state index contributed by atoms with van der Waals surface area (Å²) in [6, 6.07) is 8.74. The molecule has 2 heterocycles. The fourth-order valence-electron chi connectivity index (χ4n) is 3.94. The highest BCUT2D eigenvalue weighted by molar-refractivity contribution is 5.79. The van der Waals surface area contributed by atoms with Gasteiger partial charge in [0.25, 0.3) is 0 Å². The van der Waals surface area contributed by atoms with Gasteiger partial charge in [-0.1, -0.05) is 44.0 Å². The molecule has 0 bridgehead atoms. The summed E-state index contributed by atoms with van der Waals surface area (Å²) in [5.74, 6) is 1.87. The van der Waals surface area contributed by atoms with Crippen molar-refractivity contribution in [1.29, 1.82) is 0 Å². The van der Waals surface area contributed by atoms with Crippen molar-refractivity contribution < 1.29 is 0 Å². The Labute approximate surface area is 181 Å². The molecule has 1 aliphatic heterocycles. The predicted octanol–water partition coefficient (Wildman–Crippen LogP) is 2.97. The molecule has 30 heavy (non-hydrogen) atoms. The zero-order valence-corrected chi connectivity index (χ0v) is 18.6. The number of benzene rings is 1. The van der Waals surface area contributed by atoms with E-state index in [0.717, 1.165) is 44.4 Å². The standard InChI is InChI=1S/C23H37N7/c1-3-22-28-27-19-30(22)16-13-25-23(24-4-2)26-17-20-11-7-8-12-21(20)18-29-14-9-5-6-10-15-29/h7-8,11-12,19H,3-6,9-10,13-18H2,1-2H3,(H2,24,25,26). The second kappa shape index (κ2) is 12.3. The SMILES string of the molecule is CCNC(=NCc1ccccc1CN1CCCCCC1)NCCn1cnnc1CC. The van der Waals surface area contributed by atoms with E-state index in [1.54, 1.807) is 6.33 Å². The van der Waals surface area contributed by atoms with Crippen molar-refractivity contribution in [3.8, 4) is 0 Å². The number of aromatic nitrogens is 3. The van der Waals surface area contributed by atoms with Crippen molar-refractivity contribution in [2.24, 2.45) is 4.99 Å². The molecule has 2 aromatic rings. The monoisotopic (exact) mass is 411 g/mol. The van der Waals surface area contributed by atoms with Gasteiger partial charge in [0.15, 0.2) is 5.96 Å². The Balaban J connectivity index is 1.58. The van der Waals surface area contributed by atoms with Gasteiger partial charge in [0.2, 0.25) is 0 Å². The van der Waals surface area contributed by atoms with E-state index in [0.29, 0.717) is 6.54 Å². The molecule has 0 spiro atoms. The molecule has 0 amide bonds. The quantitative estimate of drug-likeness (QED) is 0.490. The van der Waals surface area contributed by atoms with E-state index < -0.39 is 0 Å². The third kappa shape index (κ3) is 6.83. The topological polar surface area (TPSA) is 70.4 Å². The molecule has 1 aromatic heterocycles. The molecule has 0 unspecified atom stereocenters. The molecular formula is C23H37N7. The Morgan fingerprint density at radius 1 is 1.03 bits per heavy atom. The third-order valence-corrected chi connectivity index (χ3v) is 5.62. The average molecular weight is 412 g/mol. The number of guanidine groups is 1. The molecule has 1 saturated heterocycles. The van der Waals surface area contributed by atoms with Crippen LogP contribution in [0.5, 0.6) is 0 Å². The van der Waals surface area contributed by atoms with Crippen molar-refractivity contribution >= 4 is 5.96 Å². The number of nitrogens with zero attached hydrogens (tertiary/aromatic N) is 5. The highest BCUT2D eigenvalue weighted by atomic mass is 15.3. The number of rotatable bonds is 9. The molecule has 1 aliphatic rings. The lowest BCUT2D eigenvalue weighted by atomic mass is 10.1. The van der Waals surface area contributed by atoms with E-state index in [2.05, 4.69) is 68.4 Å². The Kier molecular flexibility index (Phi) is 9.15. The molecule has 7 nitrogen and oxygen atoms in total. The Hall–Kier alpha value is -2.41. The smallest absolute Gasteiger partial charge is 0.191 e. The number of hydrogen-bond acceptors (Lipinski definition) is 4. The molecule has 0 atom stereocenters. The molecule has 3 rings (SSSR count).